The van der Waals surface area contributed by atoms with Crippen molar-refractivity contribution in [3.63, 3.8) is 0 Å². The molecule has 1 aromatic heterocycles. The third kappa shape index (κ3) is 1.92. The molecule has 1 aliphatic heterocycles. The van der Waals surface area contributed by atoms with Gasteiger partial charge >= 0.3 is 0 Å². The van der Waals surface area contributed by atoms with Gasteiger partial charge < -0.3 is 4.98 Å². The molecule has 2 heterocycles. The Labute approximate surface area is 149 Å². The van der Waals surface area contributed by atoms with Crippen molar-refractivity contribution >= 4 is 44.3 Å². The van der Waals surface area contributed by atoms with Crippen molar-refractivity contribution in [3.05, 3.63) is 83.9 Å². The smallest absolute Gasteiger partial charge is 0.0609 e. The lowest BCUT2D eigenvalue weighted by Crippen LogP contribution is -2.00. The van der Waals surface area contributed by atoms with E-state index in [9.17, 15) is 0 Å². The van der Waals surface area contributed by atoms with Crippen molar-refractivity contribution in [2.75, 3.05) is 0 Å². The van der Waals surface area contributed by atoms with Crippen LogP contribution in [0.5, 0.6) is 0 Å². The van der Waals surface area contributed by atoms with Gasteiger partial charge in [-0.1, -0.05) is 66.4 Å². The SMILES string of the molecule is c1ccc2cc3c(cc2c1)Cc1ccc2c([nH]c4ccccc42)c1S3. The molecule has 0 radical (unpaired) electrons. The summed E-state index contributed by atoms with van der Waals surface area (Å²) in [6.45, 7) is 0. The van der Waals surface area contributed by atoms with Crippen LogP contribution in [0.25, 0.3) is 32.6 Å². The van der Waals surface area contributed by atoms with Gasteiger partial charge in [0.2, 0.25) is 0 Å². The molecular weight excluding hydrogens is 322 g/mol. The van der Waals surface area contributed by atoms with E-state index in [-0.39, 0.29) is 0 Å². The highest BCUT2D eigenvalue weighted by atomic mass is 32.2. The maximum Gasteiger partial charge on any atom is 0.0609 e. The van der Waals surface area contributed by atoms with E-state index >= 15 is 0 Å². The molecule has 0 bridgehead atoms. The number of aromatic amines is 1. The Bertz CT molecular complexity index is 1300. The summed E-state index contributed by atoms with van der Waals surface area (Å²) in [5, 5.41) is 5.29. The number of hydrogen-bond acceptors (Lipinski definition) is 1. The zero-order valence-electron chi connectivity index (χ0n) is 13.5. The monoisotopic (exact) mass is 337 g/mol. The summed E-state index contributed by atoms with van der Waals surface area (Å²) in [6.07, 6.45) is 1.01. The molecule has 2 heteroatoms. The fraction of sp³-hybridized carbons (Fsp3) is 0.0435. The van der Waals surface area contributed by atoms with E-state index in [0.29, 0.717) is 0 Å². The topological polar surface area (TPSA) is 15.8 Å². The molecule has 0 amide bonds. The summed E-state index contributed by atoms with van der Waals surface area (Å²) in [5.41, 5.74) is 5.36. The zero-order valence-corrected chi connectivity index (χ0v) is 14.4. The molecule has 0 saturated carbocycles. The molecule has 6 rings (SSSR count). The molecule has 118 valence electrons. The number of rotatable bonds is 0. The maximum atomic E-state index is 3.65. The number of fused-ring (bicyclic) bond motifs is 7. The maximum absolute atomic E-state index is 3.65. The summed E-state index contributed by atoms with van der Waals surface area (Å²) in [6, 6.07) is 26.5. The molecule has 0 saturated heterocycles. The number of nitrogens with one attached hydrogen (secondary N) is 1. The third-order valence-corrected chi connectivity index (χ3v) is 6.51. The average Bonchev–Trinajstić information content (AvgIpc) is 3.04. The van der Waals surface area contributed by atoms with Crippen LogP contribution in [-0.4, -0.2) is 4.98 Å². The first-order chi connectivity index (χ1) is 12.4. The van der Waals surface area contributed by atoms with Crippen molar-refractivity contribution in [2.45, 2.75) is 16.2 Å². The highest BCUT2D eigenvalue weighted by molar-refractivity contribution is 7.99. The Morgan fingerprint density at radius 2 is 1.52 bits per heavy atom. The van der Waals surface area contributed by atoms with Crippen LogP contribution in [-0.2, 0) is 6.42 Å². The van der Waals surface area contributed by atoms with Gasteiger partial charge in [-0.2, -0.15) is 0 Å². The zero-order chi connectivity index (χ0) is 16.4. The second kappa shape index (κ2) is 4.90. The molecule has 0 unspecified atom stereocenters. The van der Waals surface area contributed by atoms with Gasteiger partial charge in [0.15, 0.2) is 0 Å². The second-order valence-corrected chi connectivity index (χ2v) is 7.79. The van der Waals surface area contributed by atoms with E-state index in [1.54, 1.807) is 0 Å². The summed E-state index contributed by atoms with van der Waals surface area (Å²) in [5.74, 6) is 0. The van der Waals surface area contributed by atoms with Gasteiger partial charge in [0.1, 0.15) is 0 Å². The van der Waals surface area contributed by atoms with Gasteiger partial charge in [-0.05, 0) is 46.5 Å². The Kier molecular flexibility index (Phi) is 2.66. The number of benzene rings is 4. The highest BCUT2D eigenvalue weighted by Crippen LogP contribution is 2.45. The summed E-state index contributed by atoms with van der Waals surface area (Å²) < 4.78 is 0. The Hall–Kier alpha value is -2.71. The van der Waals surface area contributed by atoms with Gasteiger partial charge in [-0.3, -0.25) is 0 Å². The molecule has 0 atom stereocenters. The Morgan fingerprint density at radius 3 is 2.44 bits per heavy atom. The standard InChI is InChI=1S/C23H15NS/c1-2-6-15-13-21-17(11-14(15)5-1)12-16-9-10-19-18-7-3-4-8-20(18)24-22(19)23(16)25-21/h1-11,13,24H,12H2. The minimum atomic E-state index is 1.01. The molecule has 0 aliphatic carbocycles. The molecule has 0 spiro atoms. The van der Waals surface area contributed by atoms with Crippen LogP contribution >= 0.6 is 11.8 Å². The molecule has 25 heavy (non-hydrogen) atoms. The fourth-order valence-corrected chi connectivity index (χ4v) is 5.21. The Morgan fingerprint density at radius 1 is 0.720 bits per heavy atom. The normalized spacial score (nSPS) is 13.3. The van der Waals surface area contributed by atoms with Crippen LogP contribution in [0, 0.1) is 0 Å². The molecule has 1 N–H and O–H groups in total. The summed E-state index contributed by atoms with van der Waals surface area (Å²) >= 11 is 1.91. The first kappa shape index (κ1) is 13.6. The fourth-order valence-electron chi connectivity index (χ4n) is 4.01. The number of H-pyrrole nitrogens is 1. The lowest BCUT2D eigenvalue weighted by molar-refractivity contribution is 1.07. The van der Waals surface area contributed by atoms with Gasteiger partial charge in [0.25, 0.3) is 0 Å². The molecule has 1 aliphatic rings. The van der Waals surface area contributed by atoms with Gasteiger partial charge in [-0.25, -0.2) is 0 Å². The van der Waals surface area contributed by atoms with Crippen LogP contribution < -0.4 is 0 Å². The van der Waals surface area contributed by atoms with Crippen molar-refractivity contribution < 1.29 is 0 Å². The Balaban J connectivity index is 1.61. The predicted octanol–water partition coefficient (Wildman–Crippen LogP) is 6.53. The van der Waals surface area contributed by atoms with Gasteiger partial charge in [0, 0.05) is 26.1 Å². The van der Waals surface area contributed by atoms with E-state index in [1.807, 2.05) is 11.8 Å². The van der Waals surface area contributed by atoms with Crippen molar-refractivity contribution in [3.8, 4) is 0 Å². The first-order valence-electron chi connectivity index (χ1n) is 8.59. The van der Waals surface area contributed by atoms with E-state index in [2.05, 4.69) is 77.8 Å². The van der Waals surface area contributed by atoms with E-state index < -0.39 is 0 Å². The van der Waals surface area contributed by atoms with E-state index in [1.165, 1.54) is 53.5 Å². The molecule has 0 fully saturated rings. The largest absolute Gasteiger partial charge is 0.354 e. The lowest BCUT2D eigenvalue weighted by Gasteiger charge is -2.20. The van der Waals surface area contributed by atoms with Gasteiger partial charge in [0.05, 0.1) is 5.52 Å². The summed E-state index contributed by atoms with van der Waals surface area (Å²) in [4.78, 5) is 6.43. The number of hydrogen-bond donors (Lipinski definition) is 1. The number of para-hydroxylation sites is 1. The van der Waals surface area contributed by atoms with Crippen LogP contribution in [0.2, 0.25) is 0 Å². The predicted molar refractivity (Wildman–Crippen MR) is 107 cm³/mol. The van der Waals surface area contributed by atoms with Crippen LogP contribution in [0.4, 0.5) is 0 Å². The number of aromatic nitrogens is 1. The van der Waals surface area contributed by atoms with Crippen LogP contribution in [0.3, 0.4) is 0 Å². The van der Waals surface area contributed by atoms with E-state index in [4.69, 9.17) is 0 Å². The van der Waals surface area contributed by atoms with Crippen molar-refractivity contribution in [1.29, 1.82) is 0 Å². The average molecular weight is 337 g/mol. The molecule has 1 nitrogen and oxygen atoms in total. The summed E-state index contributed by atoms with van der Waals surface area (Å²) in [7, 11) is 0. The van der Waals surface area contributed by atoms with Crippen molar-refractivity contribution in [2.24, 2.45) is 0 Å². The van der Waals surface area contributed by atoms with E-state index in [0.717, 1.165) is 6.42 Å². The minimum Gasteiger partial charge on any atom is -0.354 e. The molecular formula is C23H15NS. The van der Waals surface area contributed by atoms with Crippen molar-refractivity contribution in [1.82, 2.24) is 4.98 Å². The molecule has 5 aromatic rings. The van der Waals surface area contributed by atoms with Gasteiger partial charge in [-0.15, -0.1) is 0 Å². The first-order valence-corrected chi connectivity index (χ1v) is 9.40. The lowest BCUT2D eigenvalue weighted by atomic mass is 9.99. The van der Waals surface area contributed by atoms with Crippen LogP contribution in [0.15, 0.2) is 82.6 Å². The minimum absolute atomic E-state index is 1.01. The van der Waals surface area contributed by atoms with Crippen LogP contribution in [0.1, 0.15) is 11.1 Å². The highest BCUT2D eigenvalue weighted by Gasteiger charge is 2.20. The quantitative estimate of drug-likeness (QED) is 0.333. The molecule has 4 aromatic carbocycles. The second-order valence-electron chi connectivity index (χ2n) is 6.73. The third-order valence-electron chi connectivity index (χ3n) is 5.24.